The number of hydrogen-bond donors (Lipinski definition) is 1. The normalized spacial score (nSPS) is 16.2. The molecule has 25 heavy (non-hydrogen) atoms. The molecule has 0 aliphatic carbocycles. The second-order valence-electron chi connectivity index (χ2n) is 5.14. The molecule has 0 unspecified atom stereocenters. The maximum Gasteiger partial charge on any atom is 0.411 e. The SMILES string of the molecule is O=C(CON1C(=O)c2ccccc2C1=O)N1C=CCN(C(=O)O)C=C1. The molecule has 128 valence electrons. The highest BCUT2D eigenvalue weighted by Gasteiger charge is 2.37. The molecule has 0 saturated heterocycles. The van der Waals surface area contributed by atoms with Crippen LogP contribution in [0.25, 0.3) is 0 Å². The maximum absolute atomic E-state index is 12.2. The molecule has 3 rings (SSSR count). The molecule has 9 heteroatoms. The summed E-state index contributed by atoms with van der Waals surface area (Å²) in [7, 11) is 0. The summed E-state index contributed by atoms with van der Waals surface area (Å²) >= 11 is 0. The smallest absolute Gasteiger partial charge is 0.411 e. The lowest BCUT2D eigenvalue weighted by molar-refractivity contribution is -0.144. The van der Waals surface area contributed by atoms with Gasteiger partial charge in [-0.1, -0.05) is 12.1 Å². The Morgan fingerprint density at radius 2 is 1.68 bits per heavy atom. The van der Waals surface area contributed by atoms with E-state index >= 15 is 0 Å². The van der Waals surface area contributed by atoms with Crippen LogP contribution in [0.2, 0.25) is 0 Å². The van der Waals surface area contributed by atoms with Gasteiger partial charge < -0.3 is 5.11 Å². The number of carbonyl (C=O) groups excluding carboxylic acids is 3. The van der Waals surface area contributed by atoms with Crippen molar-refractivity contribution in [2.24, 2.45) is 0 Å². The third-order valence-corrected chi connectivity index (χ3v) is 3.58. The summed E-state index contributed by atoms with van der Waals surface area (Å²) in [6, 6.07) is 6.25. The van der Waals surface area contributed by atoms with E-state index in [1.807, 2.05) is 0 Å². The van der Waals surface area contributed by atoms with Crippen LogP contribution in [0.1, 0.15) is 20.7 Å². The topological polar surface area (TPSA) is 107 Å². The van der Waals surface area contributed by atoms with Crippen LogP contribution >= 0.6 is 0 Å². The van der Waals surface area contributed by atoms with Crippen LogP contribution in [0.4, 0.5) is 4.79 Å². The third kappa shape index (κ3) is 3.12. The van der Waals surface area contributed by atoms with Crippen molar-refractivity contribution in [1.82, 2.24) is 14.9 Å². The number of fused-ring (bicyclic) bond motifs is 1. The Labute approximate surface area is 141 Å². The highest BCUT2D eigenvalue weighted by molar-refractivity contribution is 6.20. The van der Waals surface area contributed by atoms with Gasteiger partial charge in [-0.15, -0.1) is 5.06 Å². The summed E-state index contributed by atoms with van der Waals surface area (Å²) in [5, 5.41) is 9.46. The molecule has 4 amide bonds. The second kappa shape index (κ2) is 6.57. The number of benzene rings is 1. The number of amides is 4. The lowest BCUT2D eigenvalue weighted by atomic mass is 10.1. The first-order valence-electron chi connectivity index (χ1n) is 7.25. The zero-order valence-electron chi connectivity index (χ0n) is 12.9. The Morgan fingerprint density at radius 3 is 2.28 bits per heavy atom. The van der Waals surface area contributed by atoms with Gasteiger partial charge in [0, 0.05) is 25.1 Å². The molecule has 0 fully saturated rings. The van der Waals surface area contributed by atoms with Gasteiger partial charge in [0.15, 0.2) is 6.61 Å². The van der Waals surface area contributed by atoms with Gasteiger partial charge in [-0.3, -0.25) is 29.0 Å². The fraction of sp³-hybridized carbons (Fsp3) is 0.125. The number of imide groups is 1. The molecule has 1 N–H and O–H groups in total. The standard InChI is InChI=1S/C16H13N3O6/c20-13(17-6-3-7-18(9-8-17)16(23)24)10-25-19-14(21)11-4-1-2-5-12(11)15(19)22/h1-6,8-9H,7,10H2,(H,23,24). The Bertz CT molecular complexity index is 781. The minimum Gasteiger partial charge on any atom is -0.465 e. The molecular weight excluding hydrogens is 330 g/mol. The van der Waals surface area contributed by atoms with Crippen LogP contribution in [0, 0.1) is 0 Å². The van der Waals surface area contributed by atoms with Crippen molar-refractivity contribution in [3.63, 3.8) is 0 Å². The minimum atomic E-state index is -1.16. The number of nitrogens with zero attached hydrogens (tertiary/aromatic N) is 3. The predicted octanol–water partition coefficient (Wildman–Crippen LogP) is 1.02. The molecule has 1 aromatic carbocycles. The lowest BCUT2D eigenvalue weighted by Crippen LogP contribution is -2.35. The number of hydrogen-bond acceptors (Lipinski definition) is 5. The van der Waals surface area contributed by atoms with Crippen molar-refractivity contribution in [2.45, 2.75) is 0 Å². The number of hydroxylamine groups is 2. The highest BCUT2D eigenvalue weighted by atomic mass is 16.7. The van der Waals surface area contributed by atoms with Crippen molar-refractivity contribution < 1.29 is 29.1 Å². The minimum absolute atomic E-state index is 0.0921. The molecule has 2 heterocycles. The number of carboxylic acid groups (broad SMARTS) is 1. The molecular formula is C16H13N3O6. The van der Waals surface area contributed by atoms with E-state index in [9.17, 15) is 19.2 Å². The van der Waals surface area contributed by atoms with E-state index in [0.29, 0.717) is 5.06 Å². The van der Waals surface area contributed by atoms with Crippen LogP contribution in [0.5, 0.6) is 0 Å². The van der Waals surface area contributed by atoms with Crippen molar-refractivity contribution >= 4 is 23.8 Å². The summed E-state index contributed by atoms with van der Waals surface area (Å²) in [6.45, 7) is -0.470. The van der Waals surface area contributed by atoms with Crippen LogP contribution in [0.3, 0.4) is 0 Å². The zero-order chi connectivity index (χ0) is 18.0. The Morgan fingerprint density at radius 1 is 1.04 bits per heavy atom. The molecule has 2 aliphatic heterocycles. The summed E-state index contributed by atoms with van der Waals surface area (Å²) in [5.41, 5.74) is 0.429. The van der Waals surface area contributed by atoms with Gasteiger partial charge in [-0.25, -0.2) is 4.79 Å². The maximum atomic E-state index is 12.2. The van der Waals surface area contributed by atoms with E-state index in [0.717, 1.165) is 9.80 Å². The van der Waals surface area contributed by atoms with Gasteiger partial charge in [-0.05, 0) is 18.2 Å². The van der Waals surface area contributed by atoms with E-state index < -0.39 is 30.4 Å². The quantitative estimate of drug-likeness (QED) is 0.821. The molecule has 0 saturated carbocycles. The number of carbonyl (C=O) groups is 4. The molecule has 0 spiro atoms. The van der Waals surface area contributed by atoms with Gasteiger partial charge in [0.1, 0.15) is 0 Å². The molecule has 2 aliphatic rings. The summed E-state index contributed by atoms with van der Waals surface area (Å²) in [5.74, 6) is -1.84. The van der Waals surface area contributed by atoms with Crippen LogP contribution in [-0.2, 0) is 9.63 Å². The van der Waals surface area contributed by atoms with E-state index in [1.165, 1.54) is 36.8 Å². The summed E-state index contributed by atoms with van der Waals surface area (Å²) in [4.78, 5) is 54.5. The first-order valence-corrected chi connectivity index (χ1v) is 7.25. The van der Waals surface area contributed by atoms with Gasteiger partial charge in [0.2, 0.25) is 0 Å². The highest BCUT2D eigenvalue weighted by Crippen LogP contribution is 2.22. The monoisotopic (exact) mass is 343 g/mol. The third-order valence-electron chi connectivity index (χ3n) is 3.58. The molecule has 0 bridgehead atoms. The van der Waals surface area contributed by atoms with Crippen LogP contribution in [0.15, 0.2) is 48.9 Å². The average Bonchev–Trinajstić information content (AvgIpc) is 2.78. The van der Waals surface area contributed by atoms with Crippen LogP contribution < -0.4 is 0 Å². The lowest BCUT2D eigenvalue weighted by Gasteiger charge is -2.16. The molecule has 0 radical (unpaired) electrons. The van der Waals surface area contributed by atoms with Gasteiger partial charge >= 0.3 is 6.09 Å². The van der Waals surface area contributed by atoms with Crippen molar-refractivity contribution in [3.05, 3.63) is 60.1 Å². The van der Waals surface area contributed by atoms with Crippen molar-refractivity contribution in [1.29, 1.82) is 0 Å². The Hall–Kier alpha value is -3.46. The average molecular weight is 343 g/mol. The molecule has 1 aromatic rings. The van der Waals surface area contributed by atoms with E-state index in [1.54, 1.807) is 12.1 Å². The Kier molecular flexibility index (Phi) is 4.31. The largest absolute Gasteiger partial charge is 0.465 e. The van der Waals surface area contributed by atoms with E-state index in [4.69, 9.17) is 9.94 Å². The zero-order valence-corrected chi connectivity index (χ0v) is 12.9. The van der Waals surface area contributed by atoms with Gasteiger partial charge in [0.25, 0.3) is 17.7 Å². The van der Waals surface area contributed by atoms with Gasteiger partial charge in [-0.2, -0.15) is 0 Å². The fourth-order valence-corrected chi connectivity index (χ4v) is 2.32. The summed E-state index contributed by atoms with van der Waals surface area (Å²) in [6.07, 6.45) is 4.19. The molecule has 0 atom stereocenters. The fourth-order valence-electron chi connectivity index (χ4n) is 2.32. The van der Waals surface area contributed by atoms with E-state index in [-0.39, 0.29) is 17.7 Å². The first-order chi connectivity index (χ1) is 12.0. The second-order valence-corrected chi connectivity index (χ2v) is 5.14. The Balaban J connectivity index is 1.64. The molecule has 0 aromatic heterocycles. The predicted molar refractivity (Wildman–Crippen MR) is 82.8 cm³/mol. The number of rotatable bonds is 3. The summed E-state index contributed by atoms with van der Waals surface area (Å²) < 4.78 is 0. The van der Waals surface area contributed by atoms with Crippen molar-refractivity contribution in [3.8, 4) is 0 Å². The van der Waals surface area contributed by atoms with Gasteiger partial charge in [0.05, 0.1) is 11.1 Å². The van der Waals surface area contributed by atoms with E-state index in [2.05, 4.69) is 0 Å². The van der Waals surface area contributed by atoms with Crippen molar-refractivity contribution in [2.75, 3.05) is 13.2 Å². The first kappa shape index (κ1) is 16.4. The van der Waals surface area contributed by atoms with Crippen LogP contribution in [-0.4, -0.2) is 56.9 Å². The molecule has 9 nitrogen and oxygen atoms in total.